The van der Waals surface area contributed by atoms with Gasteiger partial charge in [0.1, 0.15) is 0 Å². The minimum atomic E-state index is 0.297. The van der Waals surface area contributed by atoms with Crippen LogP contribution < -0.4 is 5.32 Å². The summed E-state index contributed by atoms with van der Waals surface area (Å²) in [5.74, 6) is 3.62. The van der Waals surface area contributed by atoms with E-state index in [2.05, 4.69) is 50.0 Å². The van der Waals surface area contributed by atoms with Gasteiger partial charge in [0.15, 0.2) is 0 Å². The van der Waals surface area contributed by atoms with E-state index < -0.39 is 0 Å². The first-order valence-electron chi connectivity index (χ1n) is 6.43. The lowest BCUT2D eigenvalue weighted by Gasteiger charge is -2.15. The topological polar surface area (TPSA) is 12.0 Å². The first-order chi connectivity index (χ1) is 8.05. The molecular formula is C14H23NS2. The van der Waals surface area contributed by atoms with Gasteiger partial charge in [0.05, 0.1) is 0 Å². The van der Waals surface area contributed by atoms with E-state index in [0.29, 0.717) is 5.41 Å². The predicted molar refractivity (Wildman–Crippen MR) is 80.2 cm³/mol. The van der Waals surface area contributed by atoms with Gasteiger partial charge in [0.2, 0.25) is 0 Å². The van der Waals surface area contributed by atoms with E-state index in [-0.39, 0.29) is 0 Å². The van der Waals surface area contributed by atoms with Gasteiger partial charge in [-0.3, -0.25) is 0 Å². The molecule has 3 heteroatoms. The number of thiophene rings is 1. The highest BCUT2D eigenvalue weighted by Gasteiger charge is 2.17. The lowest BCUT2D eigenvalue weighted by Crippen LogP contribution is -2.21. The summed E-state index contributed by atoms with van der Waals surface area (Å²) in [4.78, 5) is 2.96. The molecule has 0 bridgehead atoms. The van der Waals surface area contributed by atoms with Gasteiger partial charge in [-0.05, 0) is 47.9 Å². The van der Waals surface area contributed by atoms with Gasteiger partial charge in [-0.2, -0.15) is 11.8 Å². The molecule has 1 aromatic rings. The van der Waals surface area contributed by atoms with Crippen LogP contribution in [0.1, 0.15) is 36.9 Å². The van der Waals surface area contributed by atoms with E-state index in [1.807, 2.05) is 11.3 Å². The van der Waals surface area contributed by atoms with E-state index in [1.165, 1.54) is 34.2 Å². The summed E-state index contributed by atoms with van der Waals surface area (Å²) in [5.41, 5.74) is 0.297. The highest BCUT2D eigenvalue weighted by molar-refractivity contribution is 7.99. The van der Waals surface area contributed by atoms with E-state index in [0.717, 1.165) is 12.5 Å². The Bertz CT molecular complexity index is 345. The van der Waals surface area contributed by atoms with Crippen LogP contribution in [0.25, 0.3) is 0 Å². The Morgan fingerprint density at radius 1 is 1.35 bits per heavy atom. The molecule has 1 nitrogen and oxygen atoms in total. The Kier molecular flexibility index (Phi) is 4.56. The van der Waals surface area contributed by atoms with E-state index >= 15 is 0 Å². The molecule has 2 rings (SSSR count). The Morgan fingerprint density at radius 2 is 2.18 bits per heavy atom. The average Bonchev–Trinajstić information content (AvgIpc) is 2.86. The molecule has 0 spiro atoms. The second-order valence-corrected chi connectivity index (χ2v) is 8.19. The number of hydrogen-bond acceptors (Lipinski definition) is 3. The third kappa shape index (κ3) is 4.01. The fourth-order valence-corrected chi connectivity index (χ4v) is 4.34. The molecule has 1 aliphatic rings. The number of thioether (sulfide) groups is 1. The molecule has 1 fully saturated rings. The van der Waals surface area contributed by atoms with Gasteiger partial charge >= 0.3 is 0 Å². The zero-order valence-corrected chi connectivity index (χ0v) is 12.7. The molecule has 1 atom stereocenters. The molecule has 1 aliphatic heterocycles. The van der Waals surface area contributed by atoms with Gasteiger partial charge in [-0.1, -0.05) is 20.8 Å². The monoisotopic (exact) mass is 269 g/mol. The summed E-state index contributed by atoms with van der Waals surface area (Å²) in [7, 11) is 0. The minimum absolute atomic E-state index is 0.297. The minimum Gasteiger partial charge on any atom is -0.312 e. The molecular weight excluding hydrogens is 246 g/mol. The van der Waals surface area contributed by atoms with Crippen molar-refractivity contribution in [2.24, 2.45) is 5.92 Å². The van der Waals surface area contributed by atoms with Gasteiger partial charge in [-0.15, -0.1) is 11.3 Å². The lowest BCUT2D eigenvalue weighted by molar-refractivity contribution is 0.525. The molecule has 0 amide bonds. The predicted octanol–water partition coefficient (Wildman–Crippen LogP) is 3.89. The van der Waals surface area contributed by atoms with Gasteiger partial charge in [0, 0.05) is 16.3 Å². The zero-order valence-electron chi connectivity index (χ0n) is 11.1. The fraction of sp³-hybridized carbons (Fsp3) is 0.714. The molecule has 0 aliphatic carbocycles. The van der Waals surface area contributed by atoms with Gasteiger partial charge < -0.3 is 5.32 Å². The molecule has 0 saturated carbocycles. The van der Waals surface area contributed by atoms with Crippen LogP contribution in [0.5, 0.6) is 0 Å². The summed E-state index contributed by atoms with van der Waals surface area (Å²) < 4.78 is 0. The molecule has 2 heterocycles. The van der Waals surface area contributed by atoms with Crippen molar-refractivity contribution in [2.45, 2.75) is 39.2 Å². The van der Waals surface area contributed by atoms with Crippen LogP contribution >= 0.6 is 23.1 Å². The Hall–Kier alpha value is 0.01000. The van der Waals surface area contributed by atoms with Crippen molar-refractivity contribution in [3.63, 3.8) is 0 Å². The molecule has 1 unspecified atom stereocenters. The van der Waals surface area contributed by atoms with E-state index in [4.69, 9.17) is 0 Å². The molecule has 0 aromatic carbocycles. The first-order valence-corrected chi connectivity index (χ1v) is 8.40. The molecule has 17 heavy (non-hydrogen) atoms. The Morgan fingerprint density at radius 3 is 2.76 bits per heavy atom. The van der Waals surface area contributed by atoms with Crippen LogP contribution in [0.4, 0.5) is 0 Å². The van der Waals surface area contributed by atoms with Crippen LogP contribution in [0, 0.1) is 5.92 Å². The molecule has 96 valence electrons. The Balaban J connectivity index is 1.77. The lowest BCUT2D eigenvalue weighted by atomic mass is 9.95. The van der Waals surface area contributed by atoms with Crippen molar-refractivity contribution in [2.75, 3.05) is 18.1 Å². The fourth-order valence-electron chi connectivity index (χ4n) is 2.02. The zero-order chi connectivity index (χ0) is 12.3. The summed E-state index contributed by atoms with van der Waals surface area (Å²) in [6, 6.07) is 4.56. The van der Waals surface area contributed by atoms with Crippen molar-refractivity contribution in [3.05, 3.63) is 21.9 Å². The van der Waals surface area contributed by atoms with Crippen LogP contribution in [0.3, 0.4) is 0 Å². The maximum atomic E-state index is 3.61. The van der Waals surface area contributed by atoms with Gasteiger partial charge in [-0.25, -0.2) is 0 Å². The van der Waals surface area contributed by atoms with Crippen molar-refractivity contribution < 1.29 is 0 Å². The number of rotatable bonds is 4. The van der Waals surface area contributed by atoms with Crippen LogP contribution in [0.2, 0.25) is 0 Å². The highest BCUT2D eigenvalue weighted by atomic mass is 32.2. The summed E-state index contributed by atoms with van der Waals surface area (Å²) >= 11 is 4.05. The number of hydrogen-bond donors (Lipinski definition) is 1. The second-order valence-electron chi connectivity index (χ2n) is 5.88. The highest BCUT2D eigenvalue weighted by Crippen LogP contribution is 2.29. The maximum Gasteiger partial charge on any atom is 0.0299 e. The van der Waals surface area contributed by atoms with Crippen molar-refractivity contribution in [1.29, 1.82) is 0 Å². The summed E-state index contributed by atoms with van der Waals surface area (Å²) in [5, 5.41) is 3.61. The van der Waals surface area contributed by atoms with Crippen molar-refractivity contribution >= 4 is 23.1 Å². The third-order valence-electron chi connectivity index (χ3n) is 3.16. The van der Waals surface area contributed by atoms with Crippen molar-refractivity contribution in [1.82, 2.24) is 5.32 Å². The first kappa shape index (κ1) is 13.4. The molecule has 1 aromatic heterocycles. The quantitative estimate of drug-likeness (QED) is 0.890. The normalized spacial score (nSPS) is 21.0. The van der Waals surface area contributed by atoms with Crippen LogP contribution in [-0.4, -0.2) is 18.1 Å². The smallest absolute Gasteiger partial charge is 0.0299 e. The largest absolute Gasteiger partial charge is 0.312 e. The Labute approximate surface area is 113 Å². The van der Waals surface area contributed by atoms with Crippen molar-refractivity contribution in [3.8, 4) is 0 Å². The standard InChI is InChI=1S/C14H23NS2/c1-14(2,3)13-5-4-12(17-13)9-15-8-11-6-7-16-10-11/h4-5,11,15H,6-10H2,1-3H3. The summed E-state index contributed by atoms with van der Waals surface area (Å²) in [6.45, 7) is 9.08. The van der Waals surface area contributed by atoms with Gasteiger partial charge in [0.25, 0.3) is 0 Å². The molecule has 0 radical (unpaired) electrons. The van der Waals surface area contributed by atoms with Crippen LogP contribution in [0.15, 0.2) is 12.1 Å². The van der Waals surface area contributed by atoms with Crippen LogP contribution in [-0.2, 0) is 12.0 Å². The number of nitrogens with one attached hydrogen (secondary N) is 1. The second kappa shape index (κ2) is 5.77. The summed E-state index contributed by atoms with van der Waals surface area (Å²) in [6.07, 6.45) is 1.40. The van der Waals surface area contributed by atoms with E-state index in [9.17, 15) is 0 Å². The molecule has 1 saturated heterocycles. The maximum absolute atomic E-state index is 3.61. The average molecular weight is 269 g/mol. The molecule has 1 N–H and O–H groups in total. The third-order valence-corrected chi connectivity index (χ3v) is 5.90. The van der Waals surface area contributed by atoms with E-state index in [1.54, 1.807) is 0 Å². The SMILES string of the molecule is CC(C)(C)c1ccc(CNCC2CCSC2)s1.